The highest BCUT2D eigenvalue weighted by Crippen LogP contribution is 2.11. The van der Waals surface area contributed by atoms with Crippen LogP contribution in [0.3, 0.4) is 0 Å². The molecule has 0 saturated carbocycles. The van der Waals surface area contributed by atoms with E-state index in [1.54, 1.807) is 12.1 Å². The predicted octanol–water partition coefficient (Wildman–Crippen LogP) is 2.37. The van der Waals surface area contributed by atoms with Crippen LogP contribution in [0.5, 0.6) is 5.75 Å². The smallest absolute Gasteiger partial charge is 0.115 e. The Kier molecular flexibility index (Phi) is 3.65. The van der Waals surface area contributed by atoms with Crippen molar-refractivity contribution in [3.8, 4) is 5.75 Å². The van der Waals surface area contributed by atoms with E-state index < -0.39 is 0 Å². The van der Waals surface area contributed by atoms with Crippen molar-refractivity contribution in [2.75, 3.05) is 6.54 Å². The summed E-state index contributed by atoms with van der Waals surface area (Å²) in [6.07, 6.45) is 4.80. The molecule has 20 heavy (non-hydrogen) atoms. The van der Waals surface area contributed by atoms with Gasteiger partial charge in [0.05, 0.1) is 11.7 Å². The average molecular weight is 267 g/mol. The molecule has 2 aromatic heterocycles. The molecule has 3 rings (SSSR count). The van der Waals surface area contributed by atoms with Crippen molar-refractivity contribution in [2.24, 2.45) is 0 Å². The summed E-state index contributed by atoms with van der Waals surface area (Å²) in [5, 5.41) is 17.0. The van der Waals surface area contributed by atoms with Crippen LogP contribution in [0.1, 0.15) is 11.1 Å². The number of fused-ring (bicyclic) bond motifs is 1. The number of phenolic OH excluding ortho intramolecular Hbond substituents is 1. The van der Waals surface area contributed by atoms with Crippen LogP contribution in [-0.2, 0) is 13.0 Å². The topological polar surface area (TPSA) is 49.6 Å². The monoisotopic (exact) mass is 267 g/mol. The van der Waals surface area contributed by atoms with Crippen LogP contribution >= 0.6 is 0 Å². The second kappa shape index (κ2) is 5.75. The Labute approximate surface area is 117 Å². The molecular formula is C16H17N3O. The molecule has 0 aliphatic rings. The molecule has 0 atom stereocenters. The molecule has 4 nitrogen and oxygen atoms in total. The van der Waals surface area contributed by atoms with Crippen molar-refractivity contribution < 1.29 is 5.11 Å². The Balaban J connectivity index is 1.54. The molecule has 0 aliphatic heterocycles. The van der Waals surface area contributed by atoms with Crippen molar-refractivity contribution in [3.05, 3.63) is 66.0 Å². The van der Waals surface area contributed by atoms with Crippen LogP contribution in [0.25, 0.3) is 5.52 Å². The molecule has 4 heteroatoms. The fraction of sp³-hybridized carbons (Fsp3) is 0.188. The van der Waals surface area contributed by atoms with E-state index in [4.69, 9.17) is 0 Å². The third-order valence-corrected chi connectivity index (χ3v) is 3.35. The maximum atomic E-state index is 9.23. The zero-order valence-corrected chi connectivity index (χ0v) is 11.2. The summed E-state index contributed by atoms with van der Waals surface area (Å²) in [7, 11) is 0. The lowest BCUT2D eigenvalue weighted by Crippen LogP contribution is -2.16. The number of aromatic nitrogens is 2. The first-order valence-corrected chi connectivity index (χ1v) is 6.73. The number of hydrogen-bond donors (Lipinski definition) is 2. The summed E-state index contributed by atoms with van der Waals surface area (Å²) in [5.74, 6) is 0.313. The van der Waals surface area contributed by atoms with Crippen molar-refractivity contribution in [1.82, 2.24) is 14.9 Å². The molecule has 2 heterocycles. The minimum atomic E-state index is 0.313. The average Bonchev–Trinajstić information content (AvgIpc) is 2.89. The largest absolute Gasteiger partial charge is 0.508 e. The number of hydrogen-bond acceptors (Lipinski definition) is 3. The maximum Gasteiger partial charge on any atom is 0.115 e. The third-order valence-electron chi connectivity index (χ3n) is 3.35. The van der Waals surface area contributed by atoms with Gasteiger partial charge in [-0.2, -0.15) is 5.10 Å². The van der Waals surface area contributed by atoms with Crippen LogP contribution in [0.4, 0.5) is 0 Å². The van der Waals surface area contributed by atoms with Gasteiger partial charge in [0, 0.05) is 18.3 Å². The quantitative estimate of drug-likeness (QED) is 0.698. The predicted molar refractivity (Wildman–Crippen MR) is 78.7 cm³/mol. The van der Waals surface area contributed by atoms with Crippen LogP contribution in [-0.4, -0.2) is 21.3 Å². The van der Waals surface area contributed by atoms with Crippen LogP contribution in [0.15, 0.2) is 54.9 Å². The van der Waals surface area contributed by atoms with Gasteiger partial charge in [0.2, 0.25) is 0 Å². The van der Waals surface area contributed by atoms with E-state index in [2.05, 4.69) is 16.5 Å². The van der Waals surface area contributed by atoms with E-state index >= 15 is 0 Å². The standard InChI is InChI=1S/C16H17N3O/c20-15-6-4-13(5-7-15)8-9-17-11-14-12-18-19-10-2-1-3-16(14)19/h1-7,10,12,17,20H,8-9,11H2. The highest BCUT2D eigenvalue weighted by atomic mass is 16.3. The fourth-order valence-electron chi connectivity index (χ4n) is 2.24. The van der Waals surface area contributed by atoms with E-state index in [9.17, 15) is 5.11 Å². The maximum absolute atomic E-state index is 9.23. The number of benzene rings is 1. The normalized spacial score (nSPS) is 11.0. The van der Waals surface area contributed by atoms with Gasteiger partial charge in [-0.3, -0.25) is 0 Å². The molecule has 0 saturated heterocycles. The van der Waals surface area contributed by atoms with E-state index in [1.807, 2.05) is 41.2 Å². The Morgan fingerprint density at radius 1 is 1.10 bits per heavy atom. The SMILES string of the molecule is Oc1ccc(CCNCc2cnn3ccccc23)cc1. The number of nitrogens with zero attached hydrogens (tertiary/aromatic N) is 2. The first-order valence-electron chi connectivity index (χ1n) is 6.73. The highest BCUT2D eigenvalue weighted by Gasteiger charge is 2.02. The molecule has 0 bridgehead atoms. The molecule has 0 unspecified atom stereocenters. The molecular weight excluding hydrogens is 250 g/mol. The van der Waals surface area contributed by atoms with Crippen LogP contribution in [0, 0.1) is 0 Å². The molecule has 0 spiro atoms. The lowest BCUT2D eigenvalue weighted by atomic mass is 10.1. The summed E-state index contributed by atoms with van der Waals surface area (Å²) >= 11 is 0. The van der Waals surface area contributed by atoms with E-state index in [0.717, 1.165) is 25.0 Å². The molecule has 2 N–H and O–H groups in total. The first kappa shape index (κ1) is 12.7. The number of aromatic hydroxyl groups is 1. The van der Waals surface area contributed by atoms with Gasteiger partial charge in [-0.05, 0) is 42.8 Å². The number of nitrogens with one attached hydrogen (secondary N) is 1. The Bertz CT molecular complexity index is 688. The summed E-state index contributed by atoms with van der Waals surface area (Å²) in [5.41, 5.74) is 3.57. The van der Waals surface area contributed by atoms with Crippen molar-refractivity contribution >= 4 is 5.52 Å². The lowest BCUT2D eigenvalue weighted by Gasteiger charge is -2.04. The molecule has 1 aromatic carbocycles. The summed E-state index contributed by atoms with van der Waals surface area (Å²) < 4.78 is 1.89. The molecule has 102 valence electrons. The number of pyridine rings is 1. The number of rotatable bonds is 5. The van der Waals surface area contributed by atoms with Crippen molar-refractivity contribution in [3.63, 3.8) is 0 Å². The fourth-order valence-corrected chi connectivity index (χ4v) is 2.24. The van der Waals surface area contributed by atoms with Gasteiger partial charge in [-0.1, -0.05) is 18.2 Å². The van der Waals surface area contributed by atoms with Crippen LogP contribution < -0.4 is 5.32 Å². The summed E-state index contributed by atoms with van der Waals surface area (Å²) in [4.78, 5) is 0. The van der Waals surface area contributed by atoms with E-state index in [-0.39, 0.29) is 0 Å². The second-order valence-electron chi connectivity index (χ2n) is 4.79. The minimum absolute atomic E-state index is 0.313. The van der Waals surface area contributed by atoms with Gasteiger partial charge in [0.25, 0.3) is 0 Å². The van der Waals surface area contributed by atoms with Gasteiger partial charge >= 0.3 is 0 Å². The van der Waals surface area contributed by atoms with Crippen molar-refractivity contribution in [1.29, 1.82) is 0 Å². The van der Waals surface area contributed by atoms with E-state index in [0.29, 0.717) is 5.75 Å². The second-order valence-corrected chi connectivity index (χ2v) is 4.79. The minimum Gasteiger partial charge on any atom is -0.508 e. The summed E-state index contributed by atoms with van der Waals surface area (Å²) in [6, 6.07) is 13.4. The number of phenols is 1. The zero-order chi connectivity index (χ0) is 13.8. The van der Waals surface area contributed by atoms with Crippen LogP contribution in [0.2, 0.25) is 0 Å². The first-order chi connectivity index (χ1) is 9.83. The van der Waals surface area contributed by atoms with Gasteiger partial charge in [-0.25, -0.2) is 4.52 Å². The van der Waals surface area contributed by atoms with Gasteiger partial charge in [-0.15, -0.1) is 0 Å². The highest BCUT2D eigenvalue weighted by molar-refractivity contribution is 5.53. The van der Waals surface area contributed by atoms with E-state index in [1.165, 1.54) is 11.1 Å². The Morgan fingerprint density at radius 2 is 1.95 bits per heavy atom. The molecule has 0 amide bonds. The van der Waals surface area contributed by atoms with Gasteiger partial charge < -0.3 is 10.4 Å². The molecule has 3 aromatic rings. The Hall–Kier alpha value is -2.33. The molecule has 0 aliphatic carbocycles. The molecule has 0 radical (unpaired) electrons. The lowest BCUT2D eigenvalue weighted by molar-refractivity contribution is 0.475. The van der Waals surface area contributed by atoms with Gasteiger partial charge in [0.1, 0.15) is 5.75 Å². The molecule has 0 fully saturated rings. The summed E-state index contributed by atoms with van der Waals surface area (Å²) in [6.45, 7) is 1.71. The zero-order valence-electron chi connectivity index (χ0n) is 11.2. The van der Waals surface area contributed by atoms with Crippen molar-refractivity contribution in [2.45, 2.75) is 13.0 Å². The third kappa shape index (κ3) is 2.81. The Morgan fingerprint density at radius 3 is 2.80 bits per heavy atom. The van der Waals surface area contributed by atoms with Gasteiger partial charge in [0.15, 0.2) is 0 Å².